The molecule has 0 aliphatic heterocycles. The van der Waals surface area contributed by atoms with Gasteiger partial charge in [0.25, 0.3) is 0 Å². The Bertz CT molecular complexity index is 757. The number of carbonyl (C=O) groups excluding carboxylic acids is 2. The van der Waals surface area contributed by atoms with Gasteiger partial charge in [-0.2, -0.15) is 0 Å². The van der Waals surface area contributed by atoms with Gasteiger partial charge in [0.15, 0.2) is 5.78 Å². The van der Waals surface area contributed by atoms with Crippen molar-refractivity contribution in [2.45, 2.75) is 27.2 Å². The molecule has 126 valence electrons. The number of anilines is 2. The Balaban J connectivity index is 2.09. The zero-order valence-corrected chi connectivity index (χ0v) is 14.0. The highest BCUT2D eigenvalue weighted by molar-refractivity contribution is 6.03. The second-order valence-electron chi connectivity index (χ2n) is 6.24. The molecule has 0 saturated heterocycles. The van der Waals surface area contributed by atoms with Gasteiger partial charge in [0, 0.05) is 22.4 Å². The number of rotatable bonds is 5. The predicted molar refractivity (Wildman–Crippen MR) is 93.9 cm³/mol. The van der Waals surface area contributed by atoms with Gasteiger partial charge in [-0.25, -0.2) is 9.18 Å². The number of amides is 2. The van der Waals surface area contributed by atoms with E-state index < -0.39 is 17.3 Å². The van der Waals surface area contributed by atoms with Crippen LogP contribution in [0.3, 0.4) is 0 Å². The van der Waals surface area contributed by atoms with Gasteiger partial charge in [0.05, 0.1) is 0 Å². The Morgan fingerprint density at radius 1 is 1.00 bits per heavy atom. The quantitative estimate of drug-likeness (QED) is 0.751. The highest BCUT2D eigenvalue weighted by Gasteiger charge is 2.26. The second-order valence-corrected chi connectivity index (χ2v) is 6.24. The van der Waals surface area contributed by atoms with Crippen LogP contribution in [0.15, 0.2) is 48.5 Å². The summed E-state index contributed by atoms with van der Waals surface area (Å²) < 4.78 is 13.1. The number of benzene rings is 2. The van der Waals surface area contributed by atoms with Gasteiger partial charge in [-0.3, -0.25) is 4.79 Å². The van der Waals surface area contributed by atoms with Crippen LogP contribution < -0.4 is 10.6 Å². The standard InChI is InChI=1S/C19H21FN2O2/c1-4-19(2,3)17(23)13-7-5-9-15(11-13)21-18(24)22-16-10-6-8-14(20)12-16/h5-12H,4H2,1-3H3,(H2,21,22,24). The largest absolute Gasteiger partial charge is 0.323 e. The molecule has 0 aliphatic rings. The van der Waals surface area contributed by atoms with E-state index in [0.717, 1.165) is 6.42 Å². The molecule has 0 saturated carbocycles. The molecule has 5 heteroatoms. The average Bonchev–Trinajstić information content (AvgIpc) is 2.54. The first-order chi connectivity index (χ1) is 11.3. The molecule has 4 nitrogen and oxygen atoms in total. The molecular weight excluding hydrogens is 307 g/mol. The van der Waals surface area contributed by atoms with E-state index in [0.29, 0.717) is 16.9 Å². The lowest BCUT2D eigenvalue weighted by atomic mass is 9.82. The lowest BCUT2D eigenvalue weighted by Crippen LogP contribution is -2.24. The Morgan fingerprint density at radius 3 is 2.17 bits per heavy atom. The minimum Gasteiger partial charge on any atom is -0.308 e. The first-order valence-electron chi connectivity index (χ1n) is 7.80. The zero-order valence-electron chi connectivity index (χ0n) is 14.0. The summed E-state index contributed by atoms with van der Waals surface area (Å²) in [5.74, 6) is -0.402. The molecule has 2 N–H and O–H groups in total. The minimum absolute atomic E-state index is 0.0270. The number of urea groups is 1. The van der Waals surface area contributed by atoms with Crippen molar-refractivity contribution in [3.8, 4) is 0 Å². The molecule has 0 heterocycles. The molecule has 0 aliphatic carbocycles. The summed E-state index contributed by atoms with van der Waals surface area (Å²) in [5, 5.41) is 5.20. The Morgan fingerprint density at radius 2 is 1.58 bits per heavy atom. The van der Waals surface area contributed by atoms with Crippen LogP contribution in [0, 0.1) is 11.2 Å². The van der Waals surface area contributed by atoms with Gasteiger partial charge in [-0.1, -0.05) is 39.0 Å². The molecule has 0 bridgehead atoms. The van der Waals surface area contributed by atoms with Gasteiger partial charge in [0.1, 0.15) is 5.82 Å². The van der Waals surface area contributed by atoms with E-state index in [1.807, 2.05) is 20.8 Å². The minimum atomic E-state index is -0.500. The van der Waals surface area contributed by atoms with E-state index in [2.05, 4.69) is 10.6 Å². The van der Waals surface area contributed by atoms with E-state index in [-0.39, 0.29) is 5.78 Å². The van der Waals surface area contributed by atoms with Crippen molar-refractivity contribution in [1.82, 2.24) is 0 Å². The van der Waals surface area contributed by atoms with Crippen LogP contribution in [0.2, 0.25) is 0 Å². The maximum atomic E-state index is 13.1. The van der Waals surface area contributed by atoms with Crippen molar-refractivity contribution in [1.29, 1.82) is 0 Å². The molecule has 0 spiro atoms. The Hall–Kier alpha value is -2.69. The zero-order chi connectivity index (χ0) is 17.7. The molecule has 0 fully saturated rings. The molecular formula is C19H21FN2O2. The van der Waals surface area contributed by atoms with Crippen LogP contribution in [0.5, 0.6) is 0 Å². The number of nitrogens with one attached hydrogen (secondary N) is 2. The normalized spacial score (nSPS) is 11.0. The lowest BCUT2D eigenvalue weighted by molar-refractivity contribution is 0.0833. The number of halogens is 1. The van der Waals surface area contributed by atoms with Crippen LogP contribution in [-0.4, -0.2) is 11.8 Å². The van der Waals surface area contributed by atoms with E-state index in [1.54, 1.807) is 30.3 Å². The van der Waals surface area contributed by atoms with E-state index in [4.69, 9.17) is 0 Å². The van der Waals surface area contributed by atoms with Crippen molar-refractivity contribution in [2.75, 3.05) is 10.6 Å². The molecule has 0 unspecified atom stereocenters. The third-order valence-corrected chi connectivity index (χ3v) is 3.96. The maximum absolute atomic E-state index is 13.1. The van der Waals surface area contributed by atoms with Crippen LogP contribution in [0.4, 0.5) is 20.6 Å². The number of ketones is 1. The van der Waals surface area contributed by atoms with E-state index >= 15 is 0 Å². The van der Waals surface area contributed by atoms with E-state index in [1.165, 1.54) is 18.2 Å². The first kappa shape index (κ1) is 17.7. The summed E-state index contributed by atoms with van der Waals surface area (Å²) in [5.41, 5.74) is 0.946. The summed E-state index contributed by atoms with van der Waals surface area (Å²) in [6.07, 6.45) is 0.726. The SMILES string of the molecule is CCC(C)(C)C(=O)c1cccc(NC(=O)Nc2cccc(F)c2)c1. The van der Waals surface area contributed by atoms with Crippen LogP contribution in [0.1, 0.15) is 37.6 Å². The lowest BCUT2D eigenvalue weighted by Gasteiger charge is -2.21. The van der Waals surface area contributed by atoms with Gasteiger partial charge in [0.2, 0.25) is 0 Å². The average molecular weight is 328 g/mol. The molecule has 2 amide bonds. The maximum Gasteiger partial charge on any atom is 0.323 e. The number of hydrogen-bond donors (Lipinski definition) is 2. The fraction of sp³-hybridized carbons (Fsp3) is 0.263. The van der Waals surface area contributed by atoms with Crippen molar-refractivity contribution in [2.24, 2.45) is 5.41 Å². The number of hydrogen-bond acceptors (Lipinski definition) is 2. The van der Waals surface area contributed by atoms with Crippen LogP contribution >= 0.6 is 0 Å². The molecule has 2 rings (SSSR count). The smallest absolute Gasteiger partial charge is 0.308 e. The first-order valence-corrected chi connectivity index (χ1v) is 7.80. The number of carbonyl (C=O) groups is 2. The Labute approximate surface area is 141 Å². The monoisotopic (exact) mass is 328 g/mol. The fourth-order valence-corrected chi connectivity index (χ4v) is 2.15. The van der Waals surface area contributed by atoms with E-state index in [9.17, 15) is 14.0 Å². The fourth-order valence-electron chi connectivity index (χ4n) is 2.15. The van der Waals surface area contributed by atoms with Crippen molar-refractivity contribution in [3.63, 3.8) is 0 Å². The third-order valence-electron chi connectivity index (χ3n) is 3.96. The summed E-state index contributed by atoms with van der Waals surface area (Å²) in [6, 6.07) is 11.9. The molecule has 0 atom stereocenters. The van der Waals surface area contributed by atoms with Gasteiger partial charge < -0.3 is 10.6 Å². The van der Waals surface area contributed by atoms with Crippen molar-refractivity contribution < 1.29 is 14.0 Å². The summed E-state index contributed by atoms with van der Waals surface area (Å²) in [7, 11) is 0. The molecule has 0 aromatic heterocycles. The van der Waals surface area contributed by atoms with Crippen molar-refractivity contribution in [3.05, 3.63) is 59.9 Å². The second kappa shape index (κ2) is 7.25. The molecule has 24 heavy (non-hydrogen) atoms. The summed E-state index contributed by atoms with van der Waals surface area (Å²) in [4.78, 5) is 24.5. The Kier molecular flexibility index (Phi) is 5.34. The molecule has 2 aromatic carbocycles. The van der Waals surface area contributed by atoms with Gasteiger partial charge in [-0.15, -0.1) is 0 Å². The third kappa shape index (κ3) is 4.41. The predicted octanol–water partition coefficient (Wildman–Crippen LogP) is 5.09. The van der Waals surface area contributed by atoms with Crippen LogP contribution in [-0.2, 0) is 0 Å². The van der Waals surface area contributed by atoms with Gasteiger partial charge >= 0.3 is 6.03 Å². The number of Topliss-reactive ketones (excluding diaryl/α,β-unsaturated/α-hetero) is 1. The molecule has 2 aromatic rings. The summed E-state index contributed by atoms with van der Waals surface area (Å²) >= 11 is 0. The highest BCUT2D eigenvalue weighted by atomic mass is 19.1. The summed E-state index contributed by atoms with van der Waals surface area (Å²) in [6.45, 7) is 5.75. The molecule has 0 radical (unpaired) electrons. The van der Waals surface area contributed by atoms with Crippen molar-refractivity contribution >= 4 is 23.2 Å². The topological polar surface area (TPSA) is 58.2 Å². The van der Waals surface area contributed by atoms with Gasteiger partial charge in [-0.05, 0) is 36.8 Å². The van der Waals surface area contributed by atoms with Crippen LogP contribution in [0.25, 0.3) is 0 Å². The highest BCUT2D eigenvalue weighted by Crippen LogP contribution is 2.26.